The van der Waals surface area contributed by atoms with Crippen LogP contribution in [-0.2, 0) is 9.59 Å². The van der Waals surface area contributed by atoms with E-state index in [9.17, 15) is 9.59 Å². The van der Waals surface area contributed by atoms with Gasteiger partial charge in [0.05, 0.1) is 20.8 Å². The Bertz CT molecular complexity index is 582. The van der Waals surface area contributed by atoms with Crippen LogP contribution in [0, 0.1) is 0 Å². The maximum Gasteiger partial charge on any atom is 0.322 e. The van der Waals surface area contributed by atoms with Gasteiger partial charge in [-0.3, -0.25) is 14.5 Å². The van der Waals surface area contributed by atoms with Gasteiger partial charge < -0.3 is 19.9 Å². The topological polar surface area (TPSA) is 88.1 Å². The van der Waals surface area contributed by atoms with Crippen LogP contribution in [0.15, 0.2) is 18.2 Å². The summed E-state index contributed by atoms with van der Waals surface area (Å²) < 4.78 is 10.6. The molecule has 1 amide bonds. The summed E-state index contributed by atoms with van der Waals surface area (Å²) in [5, 5.41) is 11.0. The minimum atomic E-state index is -1.05. The first-order chi connectivity index (χ1) is 11.0. The molecular formula is C16H23ClN2O5. The van der Waals surface area contributed by atoms with Crippen LogP contribution in [-0.4, -0.2) is 55.7 Å². The van der Waals surface area contributed by atoms with Crippen LogP contribution >= 0.6 is 12.4 Å². The molecule has 7 nitrogen and oxygen atoms in total. The summed E-state index contributed by atoms with van der Waals surface area (Å²) in [6.45, 7) is 0.638. The van der Waals surface area contributed by atoms with E-state index in [-0.39, 0.29) is 37.4 Å². The summed E-state index contributed by atoms with van der Waals surface area (Å²) in [6.07, 6.45) is 1.94. The average Bonchev–Trinajstić information content (AvgIpc) is 3.00. The van der Waals surface area contributed by atoms with Gasteiger partial charge in [0.1, 0.15) is 6.54 Å². The van der Waals surface area contributed by atoms with Gasteiger partial charge in [0.2, 0.25) is 5.91 Å². The number of methoxy groups -OCH3 is 2. The Morgan fingerprint density at radius 3 is 2.62 bits per heavy atom. The van der Waals surface area contributed by atoms with E-state index in [0.29, 0.717) is 11.5 Å². The highest BCUT2D eigenvalue weighted by atomic mass is 35.5. The largest absolute Gasteiger partial charge is 0.493 e. The van der Waals surface area contributed by atoms with Crippen LogP contribution in [0.1, 0.15) is 24.4 Å². The second kappa shape index (κ2) is 9.34. The van der Waals surface area contributed by atoms with Crippen molar-refractivity contribution in [2.24, 2.45) is 0 Å². The number of benzene rings is 1. The number of hydrogen-bond donors (Lipinski definition) is 2. The zero-order chi connectivity index (χ0) is 16.8. The van der Waals surface area contributed by atoms with Gasteiger partial charge in [0.25, 0.3) is 0 Å². The van der Waals surface area contributed by atoms with E-state index in [0.717, 1.165) is 24.9 Å². The Morgan fingerprint density at radius 1 is 1.29 bits per heavy atom. The molecule has 1 aliphatic rings. The van der Waals surface area contributed by atoms with Gasteiger partial charge in [-0.25, -0.2) is 0 Å². The van der Waals surface area contributed by atoms with Crippen molar-refractivity contribution in [2.45, 2.75) is 18.9 Å². The number of carboxylic acid groups (broad SMARTS) is 1. The molecule has 0 radical (unpaired) electrons. The van der Waals surface area contributed by atoms with Crippen molar-refractivity contribution in [3.8, 4) is 11.5 Å². The van der Waals surface area contributed by atoms with Crippen LogP contribution in [0.2, 0.25) is 0 Å². The van der Waals surface area contributed by atoms with Crippen LogP contribution in [0.4, 0.5) is 0 Å². The van der Waals surface area contributed by atoms with E-state index in [4.69, 9.17) is 14.6 Å². The van der Waals surface area contributed by atoms with Crippen molar-refractivity contribution >= 4 is 24.3 Å². The average molecular weight is 359 g/mol. The molecule has 0 bridgehead atoms. The number of aliphatic carboxylic acids is 1. The highest BCUT2D eigenvalue weighted by Crippen LogP contribution is 2.36. The number of nitrogens with one attached hydrogen (secondary N) is 1. The normalized spacial score (nSPS) is 17.0. The zero-order valence-corrected chi connectivity index (χ0v) is 14.6. The number of carbonyl (C=O) groups is 2. The number of halogens is 1. The fourth-order valence-electron chi connectivity index (χ4n) is 2.87. The zero-order valence-electron chi connectivity index (χ0n) is 13.8. The Labute approximate surface area is 147 Å². The van der Waals surface area contributed by atoms with Crippen LogP contribution in [0.5, 0.6) is 11.5 Å². The third-order valence-corrected chi connectivity index (χ3v) is 3.94. The summed E-state index contributed by atoms with van der Waals surface area (Å²) in [7, 11) is 3.18. The molecule has 1 unspecified atom stereocenters. The number of ether oxygens (including phenoxy) is 2. The van der Waals surface area contributed by atoms with E-state index >= 15 is 0 Å². The molecule has 0 aliphatic carbocycles. The minimum Gasteiger partial charge on any atom is -0.493 e. The number of hydrogen-bond acceptors (Lipinski definition) is 5. The van der Waals surface area contributed by atoms with E-state index in [2.05, 4.69) is 10.2 Å². The summed E-state index contributed by atoms with van der Waals surface area (Å²) in [6, 6.07) is 5.87. The predicted molar refractivity (Wildman–Crippen MR) is 91.0 cm³/mol. The summed E-state index contributed by atoms with van der Waals surface area (Å²) >= 11 is 0. The minimum absolute atomic E-state index is 0. The SMILES string of the molecule is COc1ccc(C2CCCN2CC(=O)NCC(=O)O)cc1OC.Cl. The van der Waals surface area contributed by atoms with Gasteiger partial charge in [-0.05, 0) is 37.1 Å². The molecule has 24 heavy (non-hydrogen) atoms. The smallest absolute Gasteiger partial charge is 0.322 e. The van der Waals surface area contributed by atoms with E-state index in [1.165, 1.54) is 0 Å². The van der Waals surface area contributed by atoms with Gasteiger partial charge in [0, 0.05) is 6.04 Å². The summed E-state index contributed by atoms with van der Waals surface area (Å²) in [4.78, 5) is 24.4. The van der Waals surface area contributed by atoms with Gasteiger partial charge in [0.15, 0.2) is 11.5 Å². The Morgan fingerprint density at radius 2 is 2.00 bits per heavy atom. The first-order valence-electron chi connectivity index (χ1n) is 7.49. The van der Waals surface area contributed by atoms with Gasteiger partial charge in [-0.2, -0.15) is 0 Å². The fourth-order valence-corrected chi connectivity index (χ4v) is 2.87. The van der Waals surface area contributed by atoms with E-state index < -0.39 is 5.97 Å². The molecular weight excluding hydrogens is 336 g/mol. The molecule has 2 rings (SSSR count). The van der Waals surface area contributed by atoms with E-state index in [1.54, 1.807) is 14.2 Å². The second-order valence-electron chi connectivity index (χ2n) is 5.41. The molecule has 0 saturated carbocycles. The third kappa shape index (κ3) is 5.01. The first-order valence-corrected chi connectivity index (χ1v) is 7.49. The van der Waals surface area contributed by atoms with Crippen molar-refractivity contribution in [1.29, 1.82) is 0 Å². The highest BCUT2D eigenvalue weighted by Gasteiger charge is 2.28. The number of amides is 1. The molecule has 1 fully saturated rings. The van der Waals surface area contributed by atoms with Crippen molar-refractivity contribution in [3.63, 3.8) is 0 Å². The Kier molecular flexibility index (Phi) is 7.81. The molecule has 8 heteroatoms. The van der Waals surface area contributed by atoms with Crippen molar-refractivity contribution in [3.05, 3.63) is 23.8 Å². The maximum absolute atomic E-state index is 11.8. The van der Waals surface area contributed by atoms with Crippen molar-refractivity contribution in [2.75, 3.05) is 33.9 Å². The number of nitrogens with zero attached hydrogens (tertiary/aromatic N) is 1. The van der Waals surface area contributed by atoms with Crippen LogP contribution in [0.3, 0.4) is 0 Å². The van der Waals surface area contributed by atoms with Crippen LogP contribution < -0.4 is 14.8 Å². The quantitative estimate of drug-likeness (QED) is 0.767. The summed E-state index contributed by atoms with van der Waals surface area (Å²) in [5.41, 5.74) is 1.06. The molecule has 1 aromatic rings. The third-order valence-electron chi connectivity index (χ3n) is 3.94. The molecule has 0 spiro atoms. The monoisotopic (exact) mass is 358 g/mol. The number of rotatable bonds is 7. The van der Waals surface area contributed by atoms with Crippen LogP contribution in [0.25, 0.3) is 0 Å². The molecule has 134 valence electrons. The lowest BCUT2D eigenvalue weighted by Crippen LogP contribution is -2.39. The number of likely N-dealkylation sites (tertiary alicyclic amines) is 1. The summed E-state index contributed by atoms with van der Waals surface area (Å²) in [5.74, 6) is 0.00293. The molecule has 1 atom stereocenters. The fraction of sp³-hybridized carbons (Fsp3) is 0.500. The van der Waals surface area contributed by atoms with Crippen molar-refractivity contribution in [1.82, 2.24) is 10.2 Å². The molecule has 1 heterocycles. The number of carbonyl (C=O) groups excluding carboxylic acids is 1. The lowest BCUT2D eigenvalue weighted by atomic mass is 10.0. The molecule has 1 aliphatic heterocycles. The van der Waals surface area contributed by atoms with Gasteiger partial charge in [-0.1, -0.05) is 6.07 Å². The van der Waals surface area contributed by atoms with Gasteiger partial charge >= 0.3 is 5.97 Å². The highest BCUT2D eigenvalue weighted by molar-refractivity contribution is 5.85. The lowest BCUT2D eigenvalue weighted by Gasteiger charge is -2.24. The first kappa shape index (κ1) is 20.1. The predicted octanol–water partition coefficient (Wildman–Crippen LogP) is 1.46. The van der Waals surface area contributed by atoms with Crippen molar-refractivity contribution < 1.29 is 24.2 Å². The van der Waals surface area contributed by atoms with E-state index in [1.807, 2.05) is 18.2 Å². The standard InChI is InChI=1S/C16H22N2O5.ClH/c1-22-13-6-5-11(8-14(13)23-2)12-4-3-7-18(12)10-15(19)17-9-16(20)21;/h5-6,8,12H,3-4,7,9-10H2,1-2H3,(H,17,19)(H,20,21);1H. The maximum atomic E-state index is 11.8. The van der Waals surface area contributed by atoms with Gasteiger partial charge in [-0.15, -0.1) is 12.4 Å². The lowest BCUT2D eigenvalue weighted by molar-refractivity contribution is -0.138. The second-order valence-corrected chi connectivity index (χ2v) is 5.41. The molecule has 0 aromatic heterocycles. The molecule has 2 N–H and O–H groups in total. The Hall–Kier alpha value is -1.99. The number of carboxylic acids is 1. The molecule has 1 saturated heterocycles. The molecule has 1 aromatic carbocycles. The Balaban J connectivity index is 0.00000288.